The van der Waals surface area contributed by atoms with E-state index in [-0.39, 0.29) is 11.0 Å². The molecule has 2 aromatic carbocycles. The van der Waals surface area contributed by atoms with E-state index in [2.05, 4.69) is 20.3 Å². The molecule has 0 aliphatic heterocycles. The highest BCUT2D eigenvalue weighted by Crippen LogP contribution is 2.15. The van der Waals surface area contributed by atoms with Gasteiger partial charge in [0.2, 0.25) is 17.2 Å². The van der Waals surface area contributed by atoms with Gasteiger partial charge in [-0.05, 0) is 66.3 Å². The molecule has 0 saturated carbocycles. The summed E-state index contributed by atoms with van der Waals surface area (Å²) in [5, 5.41) is 12.5. The van der Waals surface area contributed by atoms with Crippen LogP contribution in [-0.2, 0) is 12.8 Å². The molecular formula is C21H22ClF2N5O. The van der Waals surface area contributed by atoms with E-state index in [1.165, 1.54) is 6.07 Å². The maximum atomic E-state index is 13.3. The van der Waals surface area contributed by atoms with Gasteiger partial charge in [0.25, 0.3) is 0 Å². The second-order valence-electron chi connectivity index (χ2n) is 6.84. The highest BCUT2D eigenvalue weighted by Gasteiger charge is 2.10. The summed E-state index contributed by atoms with van der Waals surface area (Å²) < 4.78 is 26.3. The fourth-order valence-corrected chi connectivity index (χ4v) is 3.04. The van der Waals surface area contributed by atoms with Gasteiger partial charge in [-0.3, -0.25) is 0 Å². The van der Waals surface area contributed by atoms with Crippen LogP contribution in [0, 0.1) is 11.6 Å². The van der Waals surface area contributed by atoms with Gasteiger partial charge in [0, 0.05) is 20.1 Å². The Kier molecular flexibility index (Phi) is 7.35. The number of nitrogens with zero attached hydrogens (tertiary/aromatic N) is 4. The van der Waals surface area contributed by atoms with Crippen molar-refractivity contribution in [2.75, 3.05) is 30.4 Å². The number of aromatic nitrogens is 3. The van der Waals surface area contributed by atoms with Crippen LogP contribution in [0.1, 0.15) is 17.5 Å². The van der Waals surface area contributed by atoms with Crippen LogP contribution in [0.3, 0.4) is 0 Å². The first-order chi connectivity index (χ1) is 14.4. The number of anilines is 2. The van der Waals surface area contributed by atoms with Crippen LogP contribution in [0.4, 0.5) is 20.7 Å². The molecular weight excluding hydrogens is 412 g/mol. The average molecular weight is 434 g/mol. The second kappa shape index (κ2) is 10.2. The van der Waals surface area contributed by atoms with E-state index in [0.29, 0.717) is 37.8 Å². The van der Waals surface area contributed by atoms with Crippen molar-refractivity contribution in [2.24, 2.45) is 0 Å². The summed E-state index contributed by atoms with van der Waals surface area (Å²) >= 11 is 6.04. The lowest BCUT2D eigenvalue weighted by Crippen LogP contribution is -2.22. The quantitative estimate of drug-likeness (QED) is 0.526. The van der Waals surface area contributed by atoms with Gasteiger partial charge in [-0.15, -0.1) is 0 Å². The minimum atomic E-state index is -0.846. The lowest BCUT2D eigenvalue weighted by molar-refractivity contribution is 0.475. The van der Waals surface area contributed by atoms with E-state index in [1.807, 2.05) is 24.1 Å². The van der Waals surface area contributed by atoms with Crippen molar-refractivity contribution in [3.63, 3.8) is 0 Å². The van der Waals surface area contributed by atoms with Crippen molar-refractivity contribution in [3.05, 3.63) is 70.5 Å². The van der Waals surface area contributed by atoms with E-state index >= 15 is 0 Å². The zero-order chi connectivity index (χ0) is 21.5. The molecule has 9 heteroatoms. The van der Waals surface area contributed by atoms with Crippen LogP contribution in [-0.4, -0.2) is 40.2 Å². The summed E-state index contributed by atoms with van der Waals surface area (Å²) in [6.07, 6.45) is 2.02. The minimum Gasteiger partial charge on any atom is -0.508 e. The van der Waals surface area contributed by atoms with Gasteiger partial charge >= 0.3 is 0 Å². The molecule has 2 N–H and O–H groups in total. The SMILES string of the molecule is CN(CCCc1ccc(F)c(F)c1)c1nc(Cl)nc(NCCc2ccc(O)cc2)n1. The lowest BCUT2D eigenvalue weighted by atomic mass is 10.1. The molecule has 0 atom stereocenters. The summed E-state index contributed by atoms with van der Waals surface area (Å²) in [7, 11) is 1.83. The molecule has 0 radical (unpaired) electrons. The van der Waals surface area contributed by atoms with Crippen molar-refractivity contribution >= 4 is 23.5 Å². The van der Waals surface area contributed by atoms with Crippen LogP contribution in [0.5, 0.6) is 5.75 Å². The first-order valence-corrected chi connectivity index (χ1v) is 9.87. The Morgan fingerprint density at radius 1 is 0.967 bits per heavy atom. The van der Waals surface area contributed by atoms with Crippen molar-refractivity contribution in [2.45, 2.75) is 19.3 Å². The highest BCUT2D eigenvalue weighted by molar-refractivity contribution is 6.28. The lowest BCUT2D eigenvalue weighted by Gasteiger charge is -2.17. The smallest absolute Gasteiger partial charge is 0.231 e. The van der Waals surface area contributed by atoms with Crippen molar-refractivity contribution < 1.29 is 13.9 Å². The van der Waals surface area contributed by atoms with Gasteiger partial charge in [0.05, 0.1) is 0 Å². The molecule has 1 aromatic heterocycles. The zero-order valence-corrected chi connectivity index (χ0v) is 17.2. The Morgan fingerprint density at radius 2 is 1.70 bits per heavy atom. The molecule has 0 amide bonds. The third-order valence-electron chi connectivity index (χ3n) is 4.51. The Labute approximate surface area is 178 Å². The van der Waals surface area contributed by atoms with Gasteiger partial charge in [-0.1, -0.05) is 18.2 Å². The number of phenols is 1. The van der Waals surface area contributed by atoms with Gasteiger partial charge in [0.1, 0.15) is 5.75 Å². The molecule has 1 heterocycles. The number of benzene rings is 2. The van der Waals surface area contributed by atoms with Crippen LogP contribution in [0.15, 0.2) is 42.5 Å². The Balaban J connectivity index is 1.52. The van der Waals surface area contributed by atoms with Crippen molar-refractivity contribution in [1.29, 1.82) is 0 Å². The van der Waals surface area contributed by atoms with Crippen LogP contribution in [0.25, 0.3) is 0 Å². The molecule has 0 spiro atoms. The molecule has 6 nitrogen and oxygen atoms in total. The largest absolute Gasteiger partial charge is 0.508 e. The third-order valence-corrected chi connectivity index (χ3v) is 4.68. The molecule has 0 saturated heterocycles. The summed E-state index contributed by atoms with van der Waals surface area (Å²) in [6.45, 7) is 1.19. The topological polar surface area (TPSA) is 74.2 Å². The summed E-state index contributed by atoms with van der Waals surface area (Å²) in [5.74, 6) is -0.661. The van der Waals surface area contributed by atoms with E-state index in [9.17, 15) is 13.9 Å². The number of phenolic OH excluding ortho intramolecular Hbond substituents is 1. The number of aromatic hydroxyl groups is 1. The zero-order valence-electron chi connectivity index (χ0n) is 16.4. The summed E-state index contributed by atoms with van der Waals surface area (Å²) in [6, 6.07) is 10.9. The predicted octanol–water partition coefficient (Wildman–Crippen LogP) is 4.23. The molecule has 3 rings (SSSR count). The van der Waals surface area contributed by atoms with Gasteiger partial charge in [-0.25, -0.2) is 8.78 Å². The summed E-state index contributed by atoms with van der Waals surface area (Å²) in [4.78, 5) is 14.5. The monoisotopic (exact) mass is 433 g/mol. The number of aryl methyl sites for hydroxylation is 1. The fraction of sp³-hybridized carbons (Fsp3) is 0.286. The molecule has 0 bridgehead atoms. The number of halogens is 3. The van der Waals surface area contributed by atoms with E-state index in [1.54, 1.807) is 18.2 Å². The van der Waals surface area contributed by atoms with Gasteiger partial charge in [0.15, 0.2) is 11.6 Å². The molecule has 0 aliphatic carbocycles. The molecule has 0 aliphatic rings. The van der Waals surface area contributed by atoms with E-state index in [4.69, 9.17) is 11.6 Å². The molecule has 3 aromatic rings. The predicted molar refractivity (Wildman–Crippen MR) is 113 cm³/mol. The maximum Gasteiger partial charge on any atom is 0.231 e. The van der Waals surface area contributed by atoms with Crippen LogP contribution in [0.2, 0.25) is 5.28 Å². The van der Waals surface area contributed by atoms with Crippen LogP contribution < -0.4 is 10.2 Å². The van der Waals surface area contributed by atoms with Gasteiger partial charge < -0.3 is 15.3 Å². The van der Waals surface area contributed by atoms with Crippen molar-refractivity contribution in [1.82, 2.24) is 15.0 Å². The summed E-state index contributed by atoms with van der Waals surface area (Å²) in [5.41, 5.74) is 1.79. The Hall–Kier alpha value is -3.00. The van der Waals surface area contributed by atoms with E-state index in [0.717, 1.165) is 23.6 Å². The van der Waals surface area contributed by atoms with E-state index < -0.39 is 11.6 Å². The Bertz CT molecular complexity index is 988. The minimum absolute atomic E-state index is 0.0830. The Morgan fingerprint density at radius 3 is 2.43 bits per heavy atom. The highest BCUT2D eigenvalue weighted by atomic mass is 35.5. The standard InChI is InChI=1S/C21H22ClF2N5O/c1-29(12-2-3-15-6-9-17(23)18(24)13-15)21-27-19(22)26-20(28-21)25-11-10-14-4-7-16(30)8-5-14/h4-9,13,30H,2-3,10-12H2,1H3,(H,25,26,27,28). The number of hydrogen-bond donors (Lipinski definition) is 2. The van der Waals surface area contributed by atoms with Crippen LogP contribution >= 0.6 is 11.6 Å². The van der Waals surface area contributed by atoms with Crippen molar-refractivity contribution in [3.8, 4) is 5.75 Å². The number of rotatable bonds is 9. The normalized spacial score (nSPS) is 10.8. The number of nitrogens with one attached hydrogen (secondary N) is 1. The average Bonchev–Trinajstić information content (AvgIpc) is 2.71. The molecule has 30 heavy (non-hydrogen) atoms. The number of hydrogen-bond acceptors (Lipinski definition) is 6. The fourth-order valence-electron chi connectivity index (χ4n) is 2.89. The van der Waals surface area contributed by atoms with Gasteiger partial charge in [-0.2, -0.15) is 15.0 Å². The molecule has 0 unspecified atom stereocenters. The maximum absolute atomic E-state index is 13.3. The molecule has 0 fully saturated rings. The molecule has 158 valence electrons. The first-order valence-electron chi connectivity index (χ1n) is 9.49. The second-order valence-corrected chi connectivity index (χ2v) is 7.18. The third kappa shape index (κ3) is 6.25. The first kappa shape index (κ1) is 21.7.